The summed E-state index contributed by atoms with van der Waals surface area (Å²) in [4.78, 5) is 23.8. The summed E-state index contributed by atoms with van der Waals surface area (Å²) in [5.41, 5.74) is 1.09. The highest BCUT2D eigenvalue weighted by Gasteiger charge is 2.18. The summed E-state index contributed by atoms with van der Waals surface area (Å²) < 4.78 is 6.85. The summed E-state index contributed by atoms with van der Waals surface area (Å²) in [7, 11) is 1.48. The van der Waals surface area contributed by atoms with E-state index >= 15 is 0 Å². The van der Waals surface area contributed by atoms with Crippen molar-refractivity contribution in [1.29, 1.82) is 0 Å². The van der Waals surface area contributed by atoms with E-state index in [0.717, 1.165) is 5.56 Å². The Morgan fingerprint density at radius 1 is 1.21 bits per heavy atom. The number of amides is 1. The van der Waals surface area contributed by atoms with Crippen LogP contribution in [0.15, 0.2) is 48.7 Å². The lowest BCUT2D eigenvalue weighted by molar-refractivity contribution is 0.0686. The Hall–Kier alpha value is -3.03. The summed E-state index contributed by atoms with van der Waals surface area (Å²) in [6.45, 7) is 0.175. The number of aromatic nitrogens is 2. The van der Waals surface area contributed by atoms with Crippen LogP contribution < -0.4 is 10.1 Å². The zero-order valence-electron chi connectivity index (χ0n) is 14.6. The molecule has 3 aromatic rings. The van der Waals surface area contributed by atoms with Crippen LogP contribution in [0, 0.1) is 0 Å². The minimum Gasteiger partial charge on any atom is -0.487 e. The Kier molecular flexibility index (Phi) is 5.87. The quantitative estimate of drug-likeness (QED) is 0.622. The monoisotopic (exact) mass is 419 g/mol. The van der Waals surface area contributed by atoms with Gasteiger partial charge in [-0.25, -0.2) is 4.79 Å². The van der Waals surface area contributed by atoms with Crippen LogP contribution in [0.25, 0.3) is 0 Å². The van der Waals surface area contributed by atoms with E-state index in [0.29, 0.717) is 21.4 Å². The van der Waals surface area contributed by atoms with Gasteiger partial charge in [0.25, 0.3) is 5.91 Å². The van der Waals surface area contributed by atoms with E-state index in [4.69, 9.17) is 27.9 Å². The predicted molar refractivity (Wildman–Crippen MR) is 105 cm³/mol. The zero-order valence-corrected chi connectivity index (χ0v) is 16.2. The van der Waals surface area contributed by atoms with E-state index in [1.54, 1.807) is 42.5 Å². The second-order valence-electron chi connectivity index (χ2n) is 5.83. The van der Waals surface area contributed by atoms with Crippen molar-refractivity contribution in [1.82, 2.24) is 9.78 Å². The topological polar surface area (TPSA) is 93.5 Å². The normalized spacial score (nSPS) is 10.5. The van der Waals surface area contributed by atoms with E-state index in [9.17, 15) is 14.7 Å². The van der Waals surface area contributed by atoms with Gasteiger partial charge in [-0.1, -0.05) is 41.4 Å². The summed E-state index contributed by atoms with van der Waals surface area (Å²) in [6.07, 6.45) is 1.29. The van der Waals surface area contributed by atoms with Gasteiger partial charge in [0.05, 0.1) is 16.9 Å². The largest absolute Gasteiger partial charge is 0.487 e. The van der Waals surface area contributed by atoms with Crippen LogP contribution in [-0.4, -0.2) is 26.8 Å². The second kappa shape index (κ2) is 8.33. The first-order valence-corrected chi connectivity index (χ1v) is 8.85. The maximum atomic E-state index is 12.5. The van der Waals surface area contributed by atoms with Gasteiger partial charge in [-0.05, 0) is 29.8 Å². The first-order valence-electron chi connectivity index (χ1n) is 8.09. The number of carboxylic acids is 1. The van der Waals surface area contributed by atoms with Gasteiger partial charge in [0.1, 0.15) is 17.4 Å². The van der Waals surface area contributed by atoms with Gasteiger partial charge in [-0.2, -0.15) is 5.10 Å². The number of hydrogen-bond acceptors (Lipinski definition) is 4. The van der Waals surface area contributed by atoms with Crippen molar-refractivity contribution < 1.29 is 19.4 Å². The number of carboxylic acid groups (broad SMARTS) is 1. The second-order valence-corrected chi connectivity index (χ2v) is 6.62. The molecule has 0 fully saturated rings. The summed E-state index contributed by atoms with van der Waals surface area (Å²) in [5, 5.41) is 16.4. The SMILES string of the molecule is Cn1ncc(NC(=O)c2cccc(COc3cccc(Cl)c3Cl)c2)c1C(=O)O. The van der Waals surface area contributed by atoms with Crippen LogP contribution in [0.3, 0.4) is 0 Å². The fourth-order valence-corrected chi connectivity index (χ4v) is 2.88. The molecule has 0 radical (unpaired) electrons. The van der Waals surface area contributed by atoms with Crippen molar-refractivity contribution in [2.24, 2.45) is 7.05 Å². The summed E-state index contributed by atoms with van der Waals surface area (Å²) in [5.74, 6) is -1.21. The molecule has 0 aliphatic heterocycles. The van der Waals surface area contributed by atoms with Crippen LogP contribution in [0.1, 0.15) is 26.4 Å². The molecular weight excluding hydrogens is 405 g/mol. The Morgan fingerprint density at radius 3 is 2.71 bits per heavy atom. The molecule has 9 heteroatoms. The number of anilines is 1. The molecule has 0 aliphatic rings. The molecule has 1 aromatic heterocycles. The first kappa shape index (κ1) is 19.7. The number of carbonyl (C=O) groups excluding carboxylic acids is 1. The molecule has 0 aliphatic carbocycles. The highest BCUT2D eigenvalue weighted by molar-refractivity contribution is 6.42. The van der Waals surface area contributed by atoms with Crippen molar-refractivity contribution >= 4 is 40.8 Å². The Bertz CT molecular complexity index is 1050. The lowest BCUT2D eigenvalue weighted by Gasteiger charge is -2.10. The number of carbonyl (C=O) groups is 2. The zero-order chi connectivity index (χ0) is 20.3. The van der Waals surface area contributed by atoms with Crippen LogP contribution in [0.2, 0.25) is 10.0 Å². The number of rotatable bonds is 6. The molecule has 0 bridgehead atoms. The van der Waals surface area contributed by atoms with Gasteiger partial charge in [0.2, 0.25) is 0 Å². The molecule has 0 saturated heterocycles. The molecule has 2 N–H and O–H groups in total. The first-order chi connectivity index (χ1) is 13.4. The van der Waals surface area contributed by atoms with Gasteiger partial charge in [0, 0.05) is 12.6 Å². The van der Waals surface area contributed by atoms with Crippen LogP contribution >= 0.6 is 23.2 Å². The Morgan fingerprint density at radius 2 is 1.96 bits per heavy atom. The molecule has 1 amide bonds. The van der Waals surface area contributed by atoms with Gasteiger partial charge in [0.15, 0.2) is 5.69 Å². The fraction of sp³-hybridized carbons (Fsp3) is 0.105. The molecular formula is C19H15Cl2N3O4. The van der Waals surface area contributed by atoms with E-state index in [-0.39, 0.29) is 18.0 Å². The van der Waals surface area contributed by atoms with Crippen LogP contribution in [-0.2, 0) is 13.7 Å². The molecule has 0 saturated carbocycles. The average molecular weight is 420 g/mol. The molecule has 7 nitrogen and oxygen atoms in total. The standard InChI is InChI=1S/C19H15Cl2N3O4/c1-24-17(19(26)27)14(9-22-24)23-18(25)12-5-2-4-11(8-12)10-28-15-7-3-6-13(20)16(15)21/h2-9H,10H2,1H3,(H,23,25)(H,26,27). The molecule has 3 rings (SSSR count). The van der Waals surface area contributed by atoms with Gasteiger partial charge in [-0.15, -0.1) is 0 Å². The van der Waals surface area contributed by atoms with Crippen molar-refractivity contribution in [3.05, 3.63) is 75.5 Å². The van der Waals surface area contributed by atoms with Crippen LogP contribution in [0.4, 0.5) is 5.69 Å². The molecule has 0 atom stereocenters. The van der Waals surface area contributed by atoms with E-state index in [2.05, 4.69) is 10.4 Å². The lowest BCUT2D eigenvalue weighted by atomic mass is 10.1. The fourth-order valence-electron chi connectivity index (χ4n) is 2.54. The van der Waals surface area contributed by atoms with Gasteiger partial charge >= 0.3 is 5.97 Å². The summed E-state index contributed by atoms with van der Waals surface area (Å²) in [6, 6.07) is 11.8. The number of nitrogens with one attached hydrogen (secondary N) is 1. The minimum absolute atomic E-state index is 0.108. The van der Waals surface area contributed by atoms with E-state index < -0.39 is 11.9 Å². The molecule has 0 spiro atoms. The van der Waals surface area contributed by atoms with Crippen molar-refractivity contribution in [2.75, 3.05) is 5.32 Å². The van der Waals surface area contributed by atoms with Crippen LogP contribution in [0.5, 0.6) is 5.75 Å². The maximum Gasteiger partial charge on any atom is 0.356 e. The van der Waals surface area contributed by atoms with Gasteiger partial charge in [-0.3, -0.25) is 9.48 Å². The average Bonchev–Trinajstić information content (AvgIpc) is 3.03. The lowest BCUT2D eigenvalue weighted by Crippen LogP contribution is -2.15. The number of ether oxygens (including phenoxy) is 1. The molecule has 144 valence electrons. The third-order valence-electron chi connectivity index (χ3n) is 3.89. The molecule has 1 heterocycles. The number of aromatic carboxylic acids is 1. The number of hydrogen-bond donors (Lipinski definition) is 2. The highest BCUT2D eigenvalue weighted by atomic mass is 35.5. The van der Waals surface area contributed by atoms with Crippen molar-refractivity contribution in [3.63, 3.8) is 0 Å². The Balaban J connectivity index is 1.73. The van der Waals surface area contributed by atoms with Crippen molar-refractivity contribution in [3.8, 4) is 5.75 Å². The van der Waals surface area contributed by atoms with Crippen molar-refractivity contribution in [2.45, 2.75) is 6.61 Å². The van der Waals surface area contributed by atoms with E-state index in [1.165, 1.54) is 17.9 Å². The number of halogens is 2. The maximum absolute atomic E-state index is 12.5. The smallest absolute Gasteiger partial charge is 0.356 e. The predicted octanol–water partition coefficient (Wildman–Crippen LogP) is 4.26. The van der Waals surface area contributed by atoms with Gasteiger partial charge < -0.3 is 15.2 Å². The molecule has 2 aromatic carbocycles. The van der Waals surface area contributed by atoms with E-state index in [1.807, 2.05) is 0 Å². The molecule has 0 unspecified atom stereocenters. The molecule has 28 heavy (non-hydrogen) atoms. The third kappa shape index (κ3) is 4.27. The number of aryl methyl sites for hydroxylation is 1. The summed E-state index contributed by atoms with van der Waals surface area (Å²) >= 11 is 12.1. The third-order valence-corrected chi connectivity index (χ3v) is 4.69. The number of benzene rings is 2. The highest BCUT2D eigenvalue weighted by Crippen LogP contribution is 2.32. The number of nitrogens with zero attached hydrogens (tertiary/aromatic N) is 2. The Labute approximate surface area is 170 Å². The minimum atomic E-state index is -1.18.